The zero-order chi connectivity index (χ0) is 18.8. The predicted molar refractivity (Wildman–Crippen MR) is 100.0 cm³/mol. The van der Waals surface area contributed by atoms with Crippen LogP contribution in [-0.2, 0) is 0 Å². The highest BCUT2D eigenvalue weighted by molar-refractivity contribution is 5.33. The largest absolute Gasteiger partial charge is 0.291 e. The van der Waals surface area contributed by atoms with Gasteiger partial charge < -0.3 is 0 Å². The molecule has 0 bridgehead atoms. The highest BCUT2D eigenvalue weighted by atomic mass is 19.1. The minimum absolute atomic E-state index is 0.0215. The molecule has 4 heteroatoms. The van der Waals surface area contributed by atoms with E-state index < -0.39 is 17.8 Å². The van der Waals surface area contributed by atoms with Crippen LogP contribution in [0.15, 0.2) is 78.9 Å². The number of nitrogens with zero attached hydrogens (tertiary/aromatic N) is 1. The molecule has 1 saturated heterocycles. The number of benzene rings is 3. The van der Waals surface area contributed by atoms with E-state index >= 15 is 0 Å². The van der Waals surface area contributed by atoms with E-state index in [4.69, 9.17) is 0 Å². The van der Waals surface area contributed by atoms with Gasteiger partial charge in [-0.1, -0.05) is 60.7 Å². The molecule has 3 aromatic carbocycles. The molecule has 138 valence electrons. The quantitative estimate of drug-likeness (QED) is 0.559. The van der Waals surface area contributed by atoms with E-state index in [1.807, 2.05) is 36.4 Å². The zero-order valence-electron chi connectivity index (χ0n) is 14.7. The monoisotopic (exact) mass is 367 g/mol. The first-order chi connectivity index (χ1) is 13.1. The van der Waals surface area contributed by atoms with Gasteiger partial charge in [-0.3, -0.25) is 4.90 Å². The SMILES string of the molecule is Fc1ccc(F)c(C(F)C2CN(C(c3ccccc3)c3ccccc3)C2)c1. The summed E-state index contributed by atoms with van der Waals surface area (Å²) in [5, 5.41) is 0. The van der Waals surface area contributed by atoms with Crippen LogP contribution in [0.3, 0.4) is 0 Å². The molecule has 0 radical (unpaired) electrons. The minimum atomic E-state index is -1.51. The van der Waals surface area contributed by atoms with Crippen LogP contribution >= 0.6 is 0 Å². The fourth-order valence-electron chi connectivity index (χ4n) is 3.81. The van der Waals surface area contributed by atoms with Gasteiger partial charge in [0, 0.05) is 24.6 Å². The van der Waals surface area contributed by atoms with Crippen molar-refractivity contribution < 1.29 is 13.2 Å². The van der Waals surface area contributed by atoms with Crippen molar-refractivity contribution in [3.8, 4) is 0 Å². The number of hydrogen-bond donors (Lipinski definition) is 0. The van der Waals surface area contributed by atoms with Crippen LogP contribution < -0.4 is 0 Å². The van der Waals surface area contributed by atoms with Crippen LogP contribution in [-0.4, -0.2) is 18.0 Å². The van der Waals surface area contributed by atoms with Crippen molar-refractivity contribution in [3.63, 3.8) is 0 Å². The maximum atomic E-state index is 14.8. The average molecular weight is 367 g/mol. The lowest BCUT2D eigenvalue weighted by Crippen LogP contribution is -2.50. The molecule has 1 fully saturated rings. The average Bonchev–Trinajstić information content (AvgIpc) is 2.67. The summed E-state index contributed by atoms with van der Waals surface area (Å²) in [5.74, 6) is -1.65. The minimum Gasteiger partial charge on any atom is -0.291 e. The molecule has 0 aromatic heterocycles. The normalized spacial score (nSPS) is 16.3. The molecule has 4 rings (SSSR count). The first-order valence-corrected chi connectivity index (χ1v) is 9.06. The van der Waals surface area contributed by atoms with E-state index in [0.717, 1.165) is 29.3 Å². The molecule has 0 spiro atoms. The molecular formula is C23H20F3N. The van der Waals surface area contributed by atoms with E-state index in [2.05, 4.69) is 29.2 Å². The molecule has 3 aromatic rings. The van der Waals surface area contributed by atoms with E-state index in [1.165, 1.54) is 0 Å². The first-order valence-electron chi connectivity index (χ1n) is 9.06. The summed E-state index contributed by atoms with van der Waals surface area (Å²) in [4.78, 5) is 2.18. The molecule has 0 saturated carbocycles. The molecule has 27 heavy (non-hydrogen) atoms. The molecular weight excluding hydrogens is 347 g/mol. The third-order valence-electron chi connectivity index (χ3n) is 5.20. The summed E-state index contributed by atoms with van der Waals surface area (Å²) in [6.07, 6.45) is -1.51. The number of alkyl halides is 1. The summed E-state index contributed by atoms with van der Waals surface area (Å²) in [6, 6.07) is 23.1. The smallest absolute Gasteiger partial charge is 0.133 e. The van der Waals surface area contributed by atoms with Crippen molar-refractivity contribution >= 4 is 0 Å². The highest BCUT2D eigenvalue weighted by Gasteiger charge is 2.39. The molecule has 1 heterocycles. The van der Waals surface area contributed by atoms with Crippen LogP contribution in [0.1, 0.15) is 28.9 Å². The predicted octanol–water partition coefficient (Wildman–Crippen LogP) is 5.70. The number of halogens is 3. The van der Waals surface area contributed by atoms with E-state index in [-0.39, 0.29) is 17.5 Å². The van der Waals surface area contributed by atoms with Gasteiger partial charge in [0.2, 0.25) is 0 Å². The van der Waals surface area contributed by atoms with Gasteiger partial charge in [-0.15, -0.1) is 0 Å². The van der Waals surface area contributed by atoms with Crippen molar-refractivity contribution in [2.24, 2.45) is 5.92 Å². The molecule has 1 unspecified atom stereocenters. The molecule has 1 aliphatic heterocycles. The Balaban J connectivity index is 1.54. The maximum Gasteiger partial charge on any atom is 0.133 e. The Morgan fingerprint density at radius 3 is 1.89 bits per heavy atom. The molecule has 0 aliphatic carbocycles. The summed E-state index contributed by atoms with van der Waals surface area (Å²) < 4.78 is 42.1. The Kier molecular flexibility index (Phi) is 4.99. The fraction of sp³-hybridized carbons (Fsp3) is 0.217. The van der Waals surface area contributed by atoms with Gasteiger partial charge in [0.25, 0.3) is 0 Å². The Hall–Kier alpha value is -2.59. The second-order valence-corrected chi connectivity index (χ2v) is 7.01. The second-order valence-electron chi connectivity index (χ2n) is 7.01. The van der Waals surface area contributed by atoms with Crippen LogP contribution in [0, 0.1) is 17.6 Å². The van der Waals surface area contributed by atoms with Crippen LogP contribution in [0.4, 0.5) is 13.2 Å². The first kappa shape index (κ1) is 17.8. The topological polar surface area (TPSA) is 3.24 Å². The zero-order valence-corrected chi connectivity index (χ0v) is 14.7. The van der Waals surface area contributed by atoms with E-state index in [9.17, 15) is 13.2 Å². The highest BCUT2D eigenvalue weighted by Crippen LogP contribution is 2.40. The molecule has 1 atom stereocenters. The summed E-state index contributed by atoms with van der Waals surface area (Å²) in [5.41, 5.74) is 2.08. The number of rotatable bonds is 5. The van der Waals surface area contributed by atoms with Gasteiger partial charge in [-0.2, -0.15) is 0 Å². The third kappa shape index (κ3) is 3.62. The van der Waals surface area contributed by atoms with Crippen LogP contribution in [0.5, 0.6) is 0 Å². The van der Waals surface area contributed by atoms with Gasteiger partial charge in [0.1, 0.15) is 17.8 Å². The Labute approximate surface area is 157 Å². The maximum absolute atomic E-state index is 14.8. The van der Waals surface area contributed by atoms with E-state index in [0.29, 0.717) is 13.1 Å². The van der Waals surface area contributed by atoms with Crippen molar-refractivity contribution in [1.29, 1.82) is 0 Å². The lowest BCUT2D eigenvalue weighted by molar-refractivity contribution is 0.0149. The fourth-order valence-corrected chi connectivity index (χ4v) is 3.81. The van der Waals surface area contributed by atoms with Crippen LogP contribution in [0.25, 0.3) is 0 Å². The van der Waals surface area contributed by atoms with Crippen molar-refractivity contribution in [2.75, 3.05) is 13.1 Å². The number of likely N-dealkylation sites (tertiary alicyclic amines) is 1. The number of hydrogen-bond acceptors (Lipinski definition) is 1. The van der Waals surface area contributed by atoms with Gasteiger partial charge in [0.15, 0.2) is 0 Å². The van der Waals surface area contributed by atoms with Crippen molar-refractivity contribution in [3.05, 3.63) is 107 Å². The Morgan fingerprint density at radius 2 is 1.33 bits per heavy atom. The van der Waals surface area contributed by atoms with Gasteiger partial charge in [-0.25, -0.2) is 13.2 Å². The van der Waals surface area contributed by atoms with E-state index in [1.54, 1.807) is 0 Å². The molecule has 0 amide bonds. The molecule has 0 N–H and O–H groups in total. The standard InChI is InChI=1S/C23H20F3N/c24-19-11-12-21(25)20(13-19)22(26)18-14-27(15-18)23(16-7-3-1-4-8-16)17-9-5-2-6-10-17/h1-13,18,22-23H,14-15H2. The van der Waals surface area contributed by atoms with Crippen molar-refractivity contribution in [2.45, 2.75) is 12.2 Å². The molecule has 1 nitrogen and oxygen atoms in total. The lowest BCUT2D eigenvalue weighted by atomic mass is 9.85. The third-order valence-corrected chi connectivity index (χ3v) is 5.20. The van der Waals surface area contributed by atoms with Crippen molar-refractivity contribution in [1.82, 2.24) is 4.90 Å². The second kappa shape index (κ2) is 7.57. The summed E-state index contributed by atoms with van der Waals surface area (Å²) in [7, 11) is 0. The molecule has 1 aliphatic rings. The Bertz CT molecular complexity index is 853. The van der Waals surface area contributed by atoms with Gasteiger partial charge in [-0.05, 0) is 29.3 Å². The summed E-state index contributed by atoms with van der Waals surface area (Å²) >= 11 is 0. The Morgan fingerprint density at radius 1 is 0.778 bits per heavy atom. The lowest BCUT2D eigenvalue weighted by Gasteiger charge is -2.46. The van der Waals surface area contributed by atoms with Crippen LogP contribution in [0.2, 0.25) is 0 Å². The van der Waals surface area contributed by atoms with Gasteiger partial charge >= 0.3 is 0 Å². The van der Waals surface area contributed by atoms with Gasteiger partial charge in [0.05, 0.1) is 6.04 Å². The summed E-state index contributed by atoms with van der Waals surface area (Å²) in [6.45, 7) is 0.983.